The second-order valence-electron chi connectivity index (χ2n) is 6.87. The van der Waals surface area contributed by atoms with Gasteiger partial charge in [-0.3, -0.25) is 0 Å². The van der Waals surface area contributed by atoms with Crippen molar-refractivity contribution in [1.82, 2.24) is 9.80 Å². The van der Waals surface area contributed by atoms with Gasteiger partial charge in [0.25, 0.3) is 0 Å². The van der Waals surface area contributed by atoms with E-state index in [2.05, 4.69) is 13.8 Å². The fraction of sp³-hybridized carbons (Fsp3) is 0.842. The summed E-state index contributed by atoms with van der Waals surface area (Å²) >= 11 is 0. The molecule has 0 heterocycles. The molecular weight excluding hydrogens is 315 g/mol. The van der Waals surface area contributed by atoms with Crippen molar-refractivity contribution in [3.63, 3.8) is 0 Å². The van der Waals surface area contributed by atoms with Gasteiger partial charge in [0.2, 0.25) is 0 Å². The molecule has 0 aromatic rings. The van der Waals surface area contributed by atoms with Gasteiger partial charge in [0.15, 0.2) is 0 Å². The van der Waals surface area contributed by atoms with E-state index >= 15 is 0 Å². The van der Waals surface area contributed by atoms with Gasteiger partial charge in [-0.15, -0.1) is 0 Å². The van der Waals surface area contributed by atoms with Crippen molar-refractivity contribution in [2.75, 3.05) is 28.2 Å². The minimum atomic E-state index is 0. The molecule has 4 heteroatoms. The van der Waals surface area contributed by atoms with Gasteiger partial charge in [-0.2, -0.15) is 0 Å². The number of guanidine groups is 1. The first-order valence-electron chi connectivity index (χ1n) is 8.25. The van der Waals surface area contributed by atoms with Gasteiger partial charge in [0.05, 0.1) is 0 Å². The number of hydrogen-bond acceptors (Lipinski definition) is 0. The molecule has 2 fully saturated rings. The molecule has 0 unspecified atom stereocenters. The van der Waals surface area contributed by atoms with Gasteiger partial charge >= 0.3 is 25.8 Å². The van der Waals surface area contributed by atoms with Crippen molar-refractivity contribution in [2.45, 2.75) is 65.2 Å². The smallest absolute Gasteiger partial charge is 0.432 e. The first kappa shape index (κ1) is 31.0. The van der Waals surface area contributed by atoms with Crippen LogP contribution in [0.1, 0.15) is 65.2 Å². The summed E-state index contributed by atoms with van der Waals surface area (Å²) in [5.41, 5.74) is 0. The molecule has 0 aromatic carbocycles. The Kier molecular flexibility index (Phi) is 24.9. The normalized spacial score (nSPS) is 16.3. The van der Waals surface area contributed by atoms with Gasteiger partial charge < -0.3 is 30.1 Å². The van der Waals surface area contributed by atoms with E-state index in [1.165, 1.54) is 51.4 Å². The fourth-order valence-corrected chi connectivity index (χ4v) is 2.66. The van der Waals surface area contributed by atoms with Crippen LogP contribution in [0.15, 0.2) is 0 Å². The van der Waals surface area contributed by atoms with Crippen LogP contribution in [0.4, 0.5) is 0 Å². The molecule has 0 bridgehead atoms. The van der Waals surface area contributed by atoms with E-state index in [0.29, 0.717) is 0 Å². The van der Waals surface area contributed by atoms with Crippen LogP contribution in [0, 0.1) is 26.7 Å². The molecule has 2 aliphatic carbocycles. The molecule has 0 saturated heterocycles. The summed E-state index contributed by atoms with van der Waals surface area (Å²) in [6, 6.07) is 0. The first-order chi connectivity index (χ1) is 9.34. The molecule has 0 N–H and O–H groups in total. The fourth-order valence-electron chi connectivity index (χ4n) is 2.66. The van der Waals surface area contributed by atoms with E-state index in [1.807, 2.05) is 0 Å². The minimum Gasteiger partial charge on any atom is -0.432 e. The molecule has 2 aliphatic rings. The van der Waals surface area contributed by atoms with E-state index in [9.17, 15) is 0 Å². The van der Waals surface area contributed by atoms with E-state index in [1.54, 1.807) is 38.0 Å². The average molecular weight is 358 g/mol. The van der Waals surface area contributed by atoms with Crippen LogP contribution in [0.25, 0.3) is 5.41 Å². The van der Waals surface area contributed by atoms with E-state index in [4.69, 9.17) is 5.41 Å². The molecule has 0 aliphatic heterocycles. The second-order valence-corrected chi connectivity index (χ2v) is 6.87. The topological polar surface area (TPSA) is 28.8 Å². The molecule has 3 nitrogen and oxygen atoms in total. The van der Waals surface area contributed by atoms with Crippen molar-refractivity contribution >= 4 is 5.96 Å². The van der Waals surface area contributed by atoms with Crippen LogP contribution in [0.5, 0.6) is 0 Å². The van der Waals surface area contributed by atoms with Crippen molar-refractivity contribution in [3.8, 4) is 0 Å². The van der Waals surface area contributed by atoms with Gasteiger partial charge in [-0.05, 0) is 40.0 Å². The Morgan fingerprint density at radius 1 is 0.696 bits per heavy atom. The third kappa shape index (κ3) is 18.3. The molecule has 0 aromatic heterocycles. The van der Waals surface area contributed by atoms with Crippen LogP contribution in [0.2, 0.25) is 0 Å². The Bertz CT molecular complexity index is 219. The number of hydrogen-bond donors (Lipinski definition) is 0. The minimum absolute atomic E-state index is 0. The summed E-state index contributed by atoms with van der Waals surface area (Å²) in [5, 5.41) is 8.97. The third-order valence-electron chi connectivity index (χ3n) is 4.09. The van der Waals surface area contributed by atoms with Crippen molar-refractivity contribution in [1.29, 1.82) is 0 Å². The maximum absolute atomic E-state index is 8.97. The Balaban J connectivity index is -0.000000111. The molecule has 136 valence electrons. The van der Waals surface area contributed by atoms with Crippen molar-refractivity contribution in [3.05, 3.63) is 20.3 Å². The van der Waals surface area contributed by atoms with Gasteiger partial charge in [-0.25, -0.2) is 0 Å². The second kappa shape index (κ2) is 18.5. The molecule has 2 saturated carbocycles. The number of nitrogens with zero attached hydrogens (tertiary/aromatic N) is 3. The maximum Gasteiger partial charge on any atom is 3.00 e. The van der Waals surface area contributed by atoms with Crippen LogP contribution in [-0.2, 0) is 25.8 Å². The molecule has 23 heavy (non-hydrogen) atoms. The molecule has 0 radical (unpaired) electrons. The van der Waals surface area contributed by atoms with E-state index in [-0.39, 0.29) is 46.7 Å². The Morgan fingerprint density at radius 2 is 0.913 bits per heavy atom. The summed E-state index contributed by atoms with van der Waals surface area (Å²) in [6.07, 6.45) is 11.9. The largest absolute Gasteiger partial charge is 3.00 e. The zero-order chi connectivity index (χ0) is 15.5. The van der Waals surface area contributed by atoms with Crippen LogP contribution >= 0.6 is 0 Å². The zero-order valence-electron chi connectivity index (χ0n) is 17.2. The summed E-state index contributed by atoms with van der Waals surface area (Å²) < 4.78 is 0. The predicted molar refractivity (Wildman–Crippen MR) is 104 cm³/mol. The Morgan fingerprint density at radius 3 is 0.957 bits per heavy atom. The summed E-state index contributed by atoms with van der Waals surface area (Å²) in [7, 11) is 7.15. The standard InChI is InChI=1S/2C6H12.C5H12N3.2CH3.Sc/c2*1-6-4-2-3-5-6;1-7(2)5(6)8(3)4;;;/h2*6H,2-5H2,1H3;1-4H3;2*1H3;/q;;3*-1;+3. The van der Waals surface area contributed by atoms with Crippen LogP contribution in [-0.4, -0.2) is 44.0 Å². The molecule has 2 rings (SSSR count). The zero-order valence-corrected chi connectivity index (χ0v) is 19.0. The summed E-state index contributed by atoms with van der Waals surface area (Å²) in [6.45, 7) is 4.68. The predicted octanol–water partition coefficient (Wildman–Crippen LogP) is 5.33. The van der Waals surface area contributed by atoms with Crippen LogP contribution in [0.3, 0.4) is 0 Å². The average Bonchev–Trinajstić information content (AvgIpc) is 3.03. The van der Waals surface area contributed by atoms with Gasteiger partial charge in [0.1, 0.15) is 0 Å². The van der Waals surface area contributed by atoms with E-state index < -0.39 is 0 Å². The quantitative estimate of drug-likeness (QED) is 0.333. The van der Waals surface area contributed by atoms with Crippen molar-refractivity contribution < 1.29 is 25.8 Å². The van der Waals surface area contributed by atoms with Gasteiger partial charge in [-0.1, -0.05) is 65.2 Å². The monoisotopic (exact) mass is 357 g/mol. The SMILES string of the molecule is CC1CCCC1.CC1CCCC1.CN(C)C(=[N-])N(C)C.[CH3-].[CH3-].[Sc+3]. The van der Waals surface area contributed by atoms with E-state index in [0.717, 1.165) is 11.8 Å². The third-order valence-corrected chi connectivity index (χ3v) is 4.09. The molecule has 0 atom stereocenters. The van der Waals surface area contributed by atoms with Crippen molar-refractivity contribution in [2.24, 2.45) is 11.8 Å². The first-order valence-corrected chi connectivity index (χ1v) is 8.25. The Labute approximate surface area is 166 Å². The molecule has 0 spiro atoms. The van der Waals surface area contributed by atoms with Gasteiger partial charge in [0, 0.05) is 5.96 Å². The summed E-state index contributed by atoms with van der Waals surface area (Å²) in [4.78, 5) is 3.28. The summed E-state index contributed by atoms with van der Waals surface area (Å²) in [5.74, 6) is 2.36. The molecular formula is C19H42N3Sc. The van der Waals surface area contributed by atoms with Crippen LogP contribution < -0.4 is 0 Å². The Hall–Kier alpha value is 0.140. The maximum atomic E-state index is 8.97. The molecule has 0 amide bonds. The number of rotatable bonds is 0.